The van der Waals surface area contributed by atoms with Crippen LogP contribution in [-0.2, 0) is 16.0 Å². The van der Waals surface area contributed by atoms with Gasteiger partial charge in [0, 0.05) is 18.5 Å². The molecule has 3 rings (SSSR count). The van der Waals surface area contributed by atoms with Crippen LogP contribution in [0.25, 0.3) is 5.65 Å². The fourth-order valence-corrected chi connectivity index (χ4v) is 3.67. The molecule has 30 heavy (non-hydrogen) atoms. The van der Waals surface area contributed by atoms with Crippen molar-refractivity contribution in [1.29, 1.82) is 0 Å². The van der Waals surface area contributed by atoms with Crippen LogP contribution in [0.4, 0.5) is 0 Å². The van der Waals surface area contributed by atoms with E-state index in [1.807, 2.05) is 6.92 Å². The SMILES string of the molecule is CC[C@H](Sc1ccc2nnc(CCNC(=O)c3ccc(OC)cc3)n2n1)C(=O)OC. The molecule has 158 valence electrons. The number of amides is 1. The van der Waals surface area contributed by atoms with Gasteiger partial charge in [-0.3, -0.25) is 9.59 Å². The minimum absolute atomic E-state index is 0.181. The van der Waals surface area contributed by atoms with Gasteiger partial charge in [0.15, 0.2) is 11.5 Å². The van der Waals surface area contributed by atoms with E-state index in [1.165, 1.54) is 18.9 Å². The summed E-state index contributed by atoms with van der Waals surface area (Å²) in [7, 11) is 2.95. The third-order valence-electron chi connectivity index (χ3n) is 4.39. The molecule has 10 heteroatoms. The lowest BCUT2D eigenvalue weighted by molar-refractivity contribution is -0.140. The molecule has 0 fully saturated rings. The van der Waals surface area contributed by atoms with Crippen LogP contribution in [0.2, 0.25) is 0 Å². The highest BCUT2D eigenvalue weighted by Crippen LogP contribution is 2.24. The number of thioether (sulfide) groups is 1. The van der Waals surface area contributed by atoms with E-state index >= 15 is 0 Å². The minimum Gasteiger partial charge on any atom is -0.497 e. The molecule has 1 amide bonds. The lowest BCUT2D eigenvalue weighted by Crippen LogP contribution is -2.26. The van der Waals surface area contributed by atoms with E-state index in [4.69, 9.17) is 9.47 Å². The first-order valence-electron chi connectivity index (χ1n) is 9.43. The zero-order valence-electron chi connectivity index (χ0n) is 17.0. The van der Waals surface area contributed by atoms with Crippen molar-refractivity contribution < 1.29 is 19.1 Å². The average Bonchev–Trinajstić information content (AvgIpc) is 3.19. The van der Waals surface area contributed by atoms with Gasteiger partial charge in [-0.05, 0) is 42.8 Å². The van der Waals surface area contributed by atoms with E-state index in [0.717, 1.165) is 0 Å². The molecule has 0 aliphatic heterocycles. The van der Waals surface area contributed by atoms with Gasteiger partial charge in [-0.2, -0.15) is 9.61 Å². The van der Waals surface area contributed by atoms with Gasteiger partial charge >= 0.3 is 5.97 Å². The number of hydrogen-bond donors (Lipinski definition) is 1. The van der Waals surface area contributed by atoms with Crippen molar-refractivity contribution in [2.24, 2.45) is 0 Å². The van der Waals surface area contributed by atoms with E-state index in [2.05, 4.69) is 20.6 Å². The molecule has 1 N–H and O–H groups in total. The van der Waals surface area contributed by atoms with Gasteiger partial charge < -0.3 is 14.8 Å². The van der Waals surface area contributed by atoms with Gasteiger partial charge in [-0.1, -0.05) is 18.7 Å². The molecule has 1 aromatic carbocycles. The Balaban J connectivity index is 1.64. The first-order chi connectivity index (χ1) is 14.5. The number of methoxy groups -OCH3 is 2. The van der Waals surface area contributed by atoms with E-state index in [9.17, 15) is 9.59 Å². The highest BCUT2D eigenvalue weighted by Gasteiger charge is 2.20. The zero-order chi connectivity index (χ0) is 21.5. The Labute approximate surface area is 178 Å². The van der Waals surface area contributed by atoms with Crippen molar-refractivity contribution in [2.75, 3.05) is 20.8 Å². The molecular formula is C20H23N5O4S. The van der Waals surface area contributed by atoms with Crippen LogP contribution in [0.5, 0.6) is 5.75 Å². The fourth-order valence-electron chi connectivity index (χ4n) is 2.74. The Hall–Kier alpha value is -3.14. The van der Waals surface area contributed by atoms with Crippen molar-refractivity contribution in [3.63, 3.8) is 0 Å². The molecule has 0 unspecified atom stereocenters. The van der Waals surface area contributed by atoms with Gasteiger partial charge in [0.2, 0.25) is 0 Å². The first kappa shape index (κ1) is 21.6. The quantitative estimate of drug-likeness (QED) is 0.407. The zero-order valence-corrected chi connectivity index (χ0v) is 17.8. The molecule has 2 aromatic heterocycles. The van der Waals surface area contributed by atoms with Crippen LogP contribution in [0.15, 0.2) is 41.4 Å². The molecule has 0 saturated carbocycles. The van der Waals surface area contributed by atoms with Gasteiger partial charge in [0.25, 0.3) is 5.91 Å². The largest absolute Gasteiger partial charge is 0.497 e. The number of carbonyl (C=O) groups excluding carboxylic acids is 2. The Morgan fingerprint density at radius 3 is 2.57 bits per heavy atom. The van der Waals surface area contributed by atoms with Crippen molar-refractivity contribution >= 4 is 29.3 Å². The molecule has 0 aliphatic rings. The summed E-state index contributed by atoms with van der Waals surface area (Å²) in [5.41, 5.74) is 1.15. The summed E-state index contributed by atoms with van der Waals surface area (Å²) in [5, 5.41) is 16.0. The summed E-state index contributed by atoms with van der Waals surface area (Å²) < 4.78 is 11.6. The molecule has 0 bridgehead atoms. The number of nitrogens with one attached hydrogen (secondary N) is 1. The van der Waals surface area contributed by atoms with E-state index in [1.54, 1.807) is 48.0 Å². The Kier molecular flexibility index (Phi) is 7.23. The maximum Gasteiger partial charge on any atom is 0.319 e. The Bertz CT molecular complexity index is 1020. The second-order valence-electron chi connectivity index (χ2n) is 6.33. The second kappa shape index (κ2) is 10.1. The summed E-state index contributed by atoms with van der Waals surface area (Å²) in [6, 6.07) is 10.5. The van der Waals surface area contributed by atoms with Gasteiger partial charge in [0.05, 0.1) is 14.2 Å². The number of rotatable bonds is 9. The van der Waals surface area contributed by atoms with Crippen molar-refractivity contribution in [1.82, 2.24) is 25.1 Å². The predicted molar refractivity (Wildman–Crippen MR) is 112 cm³/mol. The summed E-state index contributed by atoms with van der Waals surface area (Å²) in [6.07, 6.45) is 1.09. The topological polar surface area (TPSA) is 108 Å². The van der Waals surface area contributed by atoms with Crippen LogP contribution < -0.4 is 10.1 Å². The minimum atomic E-state index is -0.330. The molecule has 0 spiro atoms. The Morgan fingerprint density at radius 2 is 1.90 bits per heavy atom. The third-order valence-corrected chi connectivity index (χ3v) is 5.66. The smallest absolute Gasteiger partial charge is 0.319 e. The van der Waals surface area contributed by atoms with Crippen LogP contribution in [0.1, 0.15) is 29.5 Å². The molecule has 1 atom stereocenters. The molecule has 3 aromatic rings. The van der Waals surface area contributed by atoms with Gasteiger partial charge in [-0.25, -0.2) is 0 Å². The number of fused-ring (bicyclic) bond motifs is 1. The first-order valence-corrected chi connectivity index (χ1v) is 10.3. The third kappa shape index (κ3) is 5.07. The van der Waals surface area contributed by atoms with Gasteiger partial charge in [-0.15, -0.1) is 10.2 Å². The molecular weight excluding hydrogens is 406 g/mol. The van der Waals surface area contributed by atoms with Crippen molar-refractivity contribution in [3.05, 3.63) is 47.8 Å². The lowest BCUT2D eigenvalue weighted by atomic mass is 10.2. The lowest BCUT2D eigenvalue weighted by Gasteiger charge is -2.11. The van der Waals surface area contributed by atoms with Gasteiger partial charge in [0.1, 0.15) is 16.0 Å². The maximum atomic E-state index is 12.3. The molecule has 9 nitrogen and oxygen atoms in total. The number of ether oxygens (including phenoxy) is 2. The summed E-state index contributed by atoms with van der Waals surface area (Å²) >= 11 is 1.34. The van der Waals surface area contributed by atoms with Crippen molar-refractivity contribution in [3.8, 4) is 5.75 Å². The second-order valence-corrected chi connectivity index (χ2v) is 7.55. The van der Waals surface area contributed by atoms with E-state index in [0.29, 0.717) is 47.2 Å². The molecule has 0 aliphatic carbocycles. The highest BCUT2D eigenvalue weighted by atomic mass is 32.2. The van der Waals surface area contributed by atoms with Crippen LogP contribution in [-0.4, -0.2) is 57.7 Å². The predicted octanol–water partition coefficient (Wildman–Crippen LogP) is 2.15. The number of esters is 1. The monoisotopic (exact) mass is 429 g/mol. The number of carbonyl (C=O) groups is 2. The van der Waals surface area contributed by atoms with Crippen LogP contribution >= 0.6 is 11.8 Å². The molecule has 0 radical (unpaired) electrons. The number of benzene rings is 1. The van der Waals surface area contributed by atoms with E-state index < -0.39 is 0 Å². The highest BCUT2D eigenvalue weighted by molar-refractivity contribution is 8.00. The Morgan fingerprint density at radius 1 is 1.13 bits per heavy atom. The number of aromatic nitrogens is 4. The van der Waals surface area contributed by atoms with E-state index in [-0.39, 0.29) is 17.1 Å². The number of nitrogens with zero attached hydrogens (tertiary/aromatic N) is 4. The average molecular weight is 430 g/mol. The summed E-state index contributed by atoms with van der Waals surface area (Å²) in [6.45, 7) is 2.30. The summed E-state index contributed by atoms with van der Waals surface area (Å²) in [4.78, 5) is 24.1. The summed E-state index contributed by atoms with van der Waals surface area (Å²) in [5.74, 6) is 0.849. The van der Waals surface area contributed by atoms with Crippen molar-refractivity contribution in [2.45, 2.75) is 30.0 Å². The normalized spacial score (nSPS) is 11.8. The van der Waals surface area contributed by atoms with Crippen LogP contribution in [0.3, 0.4) is 0 Å². The molecule has 2 heterocycles. The fraction of sp³-hybridized carbons (Fsp3) is 0.350. The number of hydrogen-bond acceptors (Lipinski definition) is 8. The molecule has 0 saturated heterocycles. The maximum absolute atomic E-state index is 12.3. The van der Waals surface area contributed by atoms with Crippen LogP contribution in [0, 0.1) is 0 Å². The standard InChI is InChI=1S/C20H23N5O4S/c1-4-15(20(27)29-3)30-18-10-9-16-22-23-17(25(16)24-18)11-12-21-19(26)13-5-7-14(28-2)8-6-13/h5-10,15H,4,11-12H2,1-3H3,(H,21,26)/t15-/m0/s1.